The lowest BCUT2D eigenvalue weighted by Crippen LogP contribution is -2.09. The number of carbonyl (C=O) groups is 2. The van der Waals surface area contributed by atoms with E-state index in [2.05, 4.69) is 19.9 Å². The van der Waals surface area contributed by atoms with Gasteiger partial charge in [-0.1, -0.05) is 48.5 Å². The molecule has 0 radical (unpaired) electrons. The topological polar surface area (TPSA) is 176 Å². The van der Waals surface area contributed by atoms with Gasteiger partial charge in [0.2, 0.25) is 17.3 Å². The zero-order valence-corrected chi connectivity index (χ0v) is 20.3. The maximum Gasteiger partial charge on any atom is 0.251 e. The molecule has 11 heteroatoms. The molecule has 6 rings (SSSR count). The van der Waals surface area contributed by atoms with Gasteiger partial charge in [-0.2, -0.15) is 15.8 Å². The molecule has 0 bridgehead atoms. The highest BCUT2D eigenvalue weighted by Gasteiger charge is 2.32. The third kappa shape index (κ3) is 4.23. The van der Waals surface area contributed by atoms with Gasteiger partial charge in [0.25, 0.3) is 5.88 Å². The van der Waals surface area contributed by atoms with Crippen LogP contribution < -0.4 is 4.74 Å². The normalized spacial score (nSPS) is 11.5. The summed E-state index contributed by atoms with van der Waals surface area (Å²) in [5, 5.41) is 26.9. The molecule has 0 N–H and O–H groups in total. The molecule has 4 aromatic rings. The van der Waals surface area contributed by atoms with Crippen LogP contribution in [-0.2, 0) is 4.74 Å². The van der Waals surface area contributed by atoms with Gasteiger partial charge in [-0.3, -0.25) is 9.59 Å². The van der Waals surface area contributed by atoms with Crippen LogP contribution in [0.5, 0.6) is 5.88 Å². The van der Waals surface area contributed by atoms with Gasteiger partial charge in [-0.15, -0.1) is 0 Å². The molecule has 2 aliphatic rings. The van der Waals surface area contributed by atoms with Crippen LogP contribution >= 0.6 is 0 Å². The van der Waals surface area contributed by atoms with Crippen molar-refractivity contribution in [2.45, 2.75) is 0 Å². The number of hydrogen-bond donors (Lipinski definition) is 0. The van der Waals surface area contributed by atoms with Crippen molar-refractivity contribution in [1.82, 2.24) is 19.9 Å². The molecule has 0 atom stereocenters. The maximum atomic E-state index is 12.3. The van der Waals surface area contributed by atoms with Gasteiger partial charge in [-0.25, -0.2) is 19.9 Å². The Labute approximate surface area is 221 Å². The number of methoxy groups -OCH3 is 1. The first-order valence-electron chi connectivity index (χ1n) is 11.5. The van der Waals surface area contributed by atoms with E-state index in [1.807, 2.05) is 18.2 Å². The number of rotatable bonds is 4. The van der Waals surface area contributed by atoms with Crippen molar-refractivity contribution in [3.05, 3.63) is 88.1 Å². The van der Waals surface area contributed by atoms with Crippen molar-refractivity contribution in [2.75, 3.05) is 20.3 Å². The highest BCUT2D eigenvalue weighted by atomic mass is 16.5. The van der Waals surface area contributed by atoms with E-state index in [1.165, 1.54) is 0 Å². The number of carbonyl (C=O) groups excluding carboxylic acids is 2. The van der Waals surface area contributed by atoms with Gasteiger partial charge in [-0.05, 0) is 0 Å². The van der Waals surface area contributed by atoms with Crippen LogP contribution in [0.3, 0.4) is 0 Å². The average molecular weight is 513 g/mol. The van der Waals surface area contributed by atoms with Crippen LogP contribution in [0.15, 0.2) is 48.5 Å². The largest absolute Gasteiger partial charge is 0.473 e. The average Bonchev–Trinajstić information content (AvgIpc) is 3.42. The summed E-state index contributed by atoms with van der Waals surface area (Å²) in [4.78, 5) is 40.7. The Morgan fingerprint density at radius 2 is 1.05 bits per heavy atom. The van der Waals surface area contributed by atoms with E-state index in [0.717, 1.165) is 0 Å². The summed E-state index contributed by atoms with van der Waals surface area (Å²) in [6, 6.07) is 19.6. The number of hydrogen-bond acceptors (Lipinski definition) is 11. The van der Waals surface area contributed by atoms with E-state index in [-0.39, 0.29) is 52.5 Å². The molecule has 0 amide bonds. The minimum atomic E-state index is -0.255. The SMILES string of the molecule is COCCOc1nc2c(nc1C#N)C(=O)c1ccccc1-2.N#Cc1nc2c(nc1C#N)-c1ccccc1C2=O. The summed E-state index contributed by atoms with van der Waals surface area (Å²) in [7, 11) is 1.55. The van der Waals surface area contributed by atoms with E-state index in [0.29, 0.717) is 40.2 Å². The van der Waals surface area contributed by atoms with Gasteiger partial charge < -0.3 is 9.47 Å². The van der Waals surface area contributed by atoms with E-state index in [4.69, 9.17) is 25.3 Å². The zero-order valence-electron chi connectivity index (χ0n) is 20.3. The number of nitrogens with zero attached hydrogens (tertiary/aromatic N) is 7. The van der Waals surface area contributed by atoms with E-state index >= 15 is 0 Å². The zero-order chi connectivity index (χ0) is 27.5. The van der Waals surface area contributed by atoms with Crippen LogP contribution in [0.1, 0.15) is 49.2 Å². The highest BCUT2D eigenvalue weighted by Crippen LogP contribution is 2.36. The van der Waals surface area contributed by atoms with Crippen LogP contribution in [0.25, 0.3) is 22.5 Å². The highest BCUT2D eigenvalue weighted by molar-refractivity contribution is 6.20. The predicted molar refractivity (Wildman–Crippen MR) is 133 cm³/mol. The second-order valence-corrected chi connectivity index (χ2v) is 8.12. The number of aromatic nitrogens is 4. The van der Waals surface area contributed by atoms with Gasteiger partial charge >= 0.3 is 0 Å². The Morgan fingerprint density at radius 1 is 0.615 bits per heavy atom. The van der Waals surface area contributed by atoms with Crippen molar-refractivity contribution in [3.8, 4) is 46.6 Å². The van der Waals surface area contributed by atoms with Crippen LogP contribution in [0, 0.1) is 34.0 Å². The second kappa shape index (κ2) is 10.3. The fourth-order valence-electron chi connectivity index (χ4n) is 4.13. The van der Waals surface area contributed by atoms with Crippen LogP contribution in [-0.4, -0.2) is 51.8 Å². The molecule has 186 valence electrons. The first kappa shape index (κ1) is 24.8. The smallest absolute Gasteiger partial charge is 0.251 e. The Morgan fingerprint density at radius 3 is 1.54 bits per heavy atom. The van der Waals surface area contributed by atoms with Crippen molar-refractivity contribution in [1.29, 1.82) is 15.8 Å². The number of fused-ring (bicyclic) bond motifs is 6. The lowest BCUT2D eigenvalue weighted by Gasteiger charge is -2.07. The molecular formula is C28H15N7O4. The van der Waals surface area contributed by atoms with Crippen molar-refractivity contribution in [3.63, 3.8) is 0 Å². The van der Waals surface area contributed by atoms with Gasteiger partial charge in [0.1, 0.15) is 47.6 Å². The van der Waals surface area contributed by atoms with E-state index in [9.17, 15) is 9.59 Å². The summed E-state index contributed by atoms with van der Waals surface area (Å²) >= 11 is 0. The predicted octanol–water partition coefficient (Wildman–Crippen LogP) is 3.02. The second-order valence-electron chi connectivity index (χ2n) is 8.12. The summed E-state index contributed by atoms with van der Waals surface area (Å²) in [5.74, 6) is -0.347. The number of ketones is 2. The minimum Gasteiger partial charge on any atom is -0.473 e. The summed E-state index contributed by atoms with van der Waals surface area (Å²) in [6.45, 7) is 0.632. The first-order chi connectivity index (χ1) is 19.0. The van der Waals surface area contributed by atoms with Gasteiger partial charge in [0.15, 0.2) is 11.4 Å². The lowest BCUT2D eigenvalue weighted by atomic mass is 10.1. The Balaban J connectivity index is 0.000000160. The molecule has 2 heterocycles. The van der Waals surface area contributed by atoms with E-state index < -0.39 is 0 Å². The summed E-state index contributed by atoms with van der Waals surface area (Å²) < 4.78 is 10.3. The molecule has 2 aliphatic carbocycles. The summed E-state index contributed by atoms with van der Waals surface area (Å²) in [5.41, 5.74) is 3.45. The van der Waals surface area contributed by atoms with Gasteiger partial charge in [0, 0.05) is 29.4 Å². The Hall–Kier alpha value is -5.83. The number of benzene rings is 2. The van der Waals surface area contributed by atoms with Crippen molar-refractivity contribution in [2.24, 2.45) is 0 Å². The molecule has 0 spiro atoms. The third-order valence-electron chi connectivity index (χ3n) is 5.89. The molecule has 11 nitrogen and oxygen atoms in total. The van der Waals surface area contributed by atoms with Crippen molar-refractivity contribution >= 4 is 11.6 Å². The quantitative estimate of drug-likeness (QED) is 0.317. The van der Waals surface area contributed by atoms with Gasteiger partial charge in [0.05, 0.1) is 6.61 Å². The molecule has 2 aromatic carbocycles. The monoisotopic (exact) mass is 513 g/mol. The van der Waals surface area contributed by atoms with Crippen molar-refractivity contribution < 1.29 is 19.1 Å². The fourth-order valence-corrected chi connectivity index (χ4v) is 4.13. The molecule has 2 aromatic heterocycles. The molecule has 39 heavy (non-hydrogen) atoms. The Kier molecular flexibility index (Phi) is 6.54. The maximum absolute atomic E-state index is 12.3. The van der Waals surface area contributed by atoms with Crippen LogP contribution in [0.4, 0.5) is 0 Å². The fraction of sp³-hybridized carbons (Fsp3) is 0.107. The first-order valence-corrected chi connectivity index (χ1v) is 11.5. The Bertz CT molecular complexity index is 1810. The molecule has 0 saturated carbocycles. The summed E-state index contributed by atoms with van der Waals surface area (Å²) in [6.07, 6.45) is 0. The minimum absolute atomic E-state index is 0.00556. The number of nitriles is 3. The third-order valence-corrected chi connectivity index (χ3v) is 5.89. The molecule has 0 aliphatic heterocycles. The van der Waals surface area contributed by atoms with E-state index in [1.54, 1.807) is 55.6 Å². The molecular weight excluding hydrogens is 498 g/mol. The lowest BCUT2D eigenvalue weighted by molar-refractivity contribution is 0.103. The molecule has 0 saturated heterocycles. The standard InChI is InChI=1S/C15H11N3O3.C13H4N4O/c1-20-6-7-21-15-11(8-16)17-13-12(18-15)9-4-2-3-5-10(9)14(13)19;14-5-9-10(6-15)17-12-11(16-9)7-3-1-2-4-8(7)13(12)18/h2-5H,6-7H2,1H3;1-4H. The van der Waals surface area contributed by atoms with Crippen LogP contribution in [0.2, 0.25) is 0 Å². The molecule has 0 fully saturated rings. The number of ether oxygens (including phenoxy) is 2. The molecule has 0 unspecified atom stereocenters.